The van der Waals surface area contributed by atoms with Crippen LogP contribution in [-0.4, -0.2) is 96.7 Å². The Hall–Kier alpha value is -1.94. The van der Waals surface area contributed by atoms with Gasteiger partial charge in [0.1, 0.15) is 19.3 Å². The zero-order chi connectivity index (χ0) is 68.9. The number of unbranched alkanes of at least 4 members (excludes halogenated alkanes) is 36. The maximum atomic E-state index is 13.1. The Morgan fingerprint density at radius 2 is 0.516 bits per heavy atom. The summed E-state index contributed by atoms with van der Waals surface area (Å²) in [7, 11) is -9.91. The Kier molecular flexibility index (Phi) is 62.2. The predicted octanol–water partition coefficient (Wildman–Crippen LogP) is 21.3. The van der Waals surface area contributed by atoms with Crippen molar-refractivity contribution in [2.75, 3.05) is 39.6 Å². The van der Waals surface area contributed by atoms with Gasteiger partial charge in [-0.05, 0) is 49.4 Å². The Morgan fingerprint density at radius 3 is 0.763 bits per heavy atom. The summed E-state index contributed by atoms with van der Waals surface area (Å²) in [6.45, 7) is 14.1. The van der Waals surface area contributed by atoms with Crippen molar-refractivity contribution in [2.45, 2.75) is 388 Å². The summed E-state index contributed by atoms with van der Waals surface area (Å²) in [5.74, 6) is 0.845. The molecule has 0 radical (unpaired) electrons. The van der Waals surface area contributed by atoms with Gasteiger partial charge in [-0.1, -0.05) is 319 Å². The second kappa shape index (κ2) is 63.5. The highest BCUT2D eigenvalue weighted by atomic mass is 31.2. The molecule has 0 aromatic rings. The molecule has 17 nitrogen and oxygen atoms in total. The van der Waals surface area contributed by atoms with Crippen LogP contribution < -0.4 is 0 Å². The summed E-state index contributed by atoms with van der Waals surface area (Å²) < 4.78 is 68.3. The number of hydrogen-bond acceptors (Lipinski definition) is 15. The molecule has 0 fully saturated rings. The number of rotatable bonds is 71. The summed E-state index contributed by atoms with van der Waals surface area (Å²) >= 11 is 0. The van der Waals surface area contributed by atoms with E-state index in [0.29, 0.717) is 31.6 Å². The number of ether oxygens (including phenoxy) is 4. The van der Waals surface area contributed by atoms with Crippen LogP contribution in [0.1, 0.15) is 370 Å². The van der Waals surface area contributed by atoms with Gasteiger partial charge in [-0.2, -0.15) is 0 Å². The highest BCUT2D eigenvalue weighted by Crippen LogP contribution is 2.45. The average molecular weight is 1370 g/mol. The summed E-state index contributed by atoms with van der Waals surface area (Å²) in [6, 6.07) is 0. The molecule has 0 aliphatic heterocycles. The number of aliphatic hydroxyl groups excluding tert-OH is 1. The van der Waals surface area contributed by atoms with E-state index < -0.39 is 97.5 Å². The van der Waals surface area contributed by atoms with E-state index in [4.69, 9.17) is 37.0 Å². The maximum absolute atomic E-state index is 13.1. The fourth-order valence-corrected chi connectivity index (χ4v) is 12.7. The number of carbonyl (C=O) groups excluding carboxylic acids is 4. The van der Waals surface area contributed by atoms with E-state index in [1.54, 1.807) is 0 Å². The van der Waals surface area contributed by atoms with Crippen LogP contribution in [0, 0.1) is 23.7 Å². The van der Waals surface area contributed by atoms with Gasteiger partial charge in [0.05, 0.1) is 26.4 Å². The Bertz CT molecular complexity index is 1840. The van der Waals surface area contributed by atoms with Gasteiger partial charge in [0.15, 0.2) is 12.2 Å². The number of aliphatic hydroxyl groups is 1. The molecule has 0 saturated heterocycles. The molecule has 3 unspecified atom stereocenters. The monoisotopic (exact) mass is 1370 g/mol. The predicted molar refractivity (Wildman–Crippen MR) is 377 cm³/mol. The van der Waals surface area contributed by atoms with E-state index in [0.717, 1.165) is 114 Å². The number of phosphoric acid groups is 2. The lowest BCUT2D eigenvalue weighted by atomic mass is 10.00. The third-order valence-corrected chi connectivity index (χ3v) is 19.3. The molecule has 0 aliphatic carbocycles. The van der Waals surface area contributed by atoms with Crippen LogP contribution in [0.2, 0.25) is 0 Å². The molecule has 552 valence electrons. The fourth-order valence-electron chi connectivity index (χ4n) is 11.2. The standard InChI is InChI=1S/C74H144O17P2/c1-9-67(8)53-45-37-31-33-39-47-55-72(77)85-61-70(91-74(79)57-49-41-32-30-36-44-52-66(6)7)63-89-93(82,83)87-59-68(75)58-86-92(80,81)88-62-69(90-73(78)56-48-40-29-25-21-20-23-27-35-43-51-65(4)5)60-84-71(76)54-46-38-28-24-19-17-15-13-11-10-12-14-16-18-22-26-34-42-50-64(2)3/h64-70,75H,9-63H2,1-8H3,(H,80,81)(H,82,83)/t67?,68-,69-,70-/m1/s1. The Labute approximate surface area is 568 Å². The van der Waals surface area contributed by atoms with Crippen molar-refractivity contribution in [3.63, 3.8) is 0 Å². The smallest absolute Gasteiger partial charge is 0.462 e. The van der Waals surface area contributed by atoms with Gasteiger partial charge in [0.2, 0.25) is 0 Å². The molecular formula is C74H144O17P2. The van der Waals surface area contributed by atoms with Crippen LogP contribution in [0.3, 0.4) is 0 Å². The summed E-state index contributed by atoms with van der Waals surface area (Å²) in [4.78, 5) is 72.6. The van der Waals surface area contributed by atoms with Crippen LogP contribution in [0.25, 0.3) is 0 Å². The van der Waals surface area contributed by atoms with E-state index in [1.807, 2.05) is 0 Å². The summed E-state index contributed by atoms with van der Waals surface area (Å²) in [5.41, 5.74) is 0. The minimum atomic E-state index is -4.96. The summed E-state index contributed by atoms with van der Waals surface area (Å²) in [5, 5.41) is 10.6. The van der Waals surface area contributed by atoms with Crippen molar-refractivity contribution in [3.05, 3.63) is 0 Å². The van der Waals surface area contributed by atoms with Gasteiger partial charge >= 0.3 is 39.5 Å². The molecule has 0 heterocycles. The zero-order valence-electron chi connectivity index (χ0n) is 60.9. The third-order valence-electron chi connectivity index (χ3n) is 17.4. The summed E-state index contributed by atoms with van der Waals surface area (Å²) in [6.07, 6.45) is 47.6. The van der Waals surface area contributed by atoms with Crippen LogP contribution in [0.4, 0.5) is 0 Å². The number of phosphoric ester groups is 2. The molecule has 0 aliphatic rings. The largest absolute Gasteiger partial charge is 0.472 e. The highest BCUT2D eigenvalue weighted by molar-refractivity contribution is 7.47. The molecule has 0 rings (SSSR count). The van der Waals surface area contributed by atoms with Gasteiger partial charge in [-0.15, -0.1) is 0 Å². The van der Waals surface area contributed by atoms with Crippen LogP contribution >= 0.6 is 15.6 Å². The van der Waals surface area contributed by atoms with E-state index in [-0.39, 0.29) is 25.7 Å². The molecule has 0 spiro atoms. The minimum absolute atomic E-state index is 0.101. The number of esters is 4. The highest BCUT2D eigenvalue weighted by Gasteiger charge is 2.30. The van der Waals surface area contributed by atoms with Crippen molar-refractivity contribution >= 4 is 39.5 Å². The second-order valence-electron chi connectivity index (χ2n) is 28.4. The van der Waals surface area contributed by atoms with Gasteiger partial charge in [-0.3, -0.25) is 37.3 Å². The Balaban J connectivity index is 5.16. The molecule has 19 heteroatoms. The lowest BCUT2D eigenvalue weighted by Crippen LogP contribution is -2.30. The van der Waals surface area contributed by atoms with E-state index in [1.165, 1.54) is 167 Å². The molecule has 93 heavy (non-hydrogen) atoms. The van der Waals surface area contributed by atoms with Crippen molar-refractivity contribution in [2.24, 2.45) is 23.7 Å². The van der Waals surface area contributed by atoms with E-state index in [9.17, 15) is 43.2 Å². The SMILES string of the molecule is CCC(C)CCCCCCCCC(=O)OC[C@H](COP(=O)(O)OC[C@H](O)COP(=O)(O)OC[C@@H](COC(=O)CCCCCCCCCCCCCCCCCCCCC(C)C)OC(=O)CCCCCCCCCCCCC(C)C)OC(=O)CCCCCCCCC(C)C. The molecule has 3 N–H and O–H groups in total. The lowest BCUT2D eigenvalue weighted by molar-refractivity contribution is -0.161. The Morgan fingerprint density at radius 1 is 0.301 bits per heavy atom. The molecule has 0 bridgehead atoms. The first-order chi connectivity index (χ1) is 44.6. The van der Waals surface area contributed by atoms with Gasteiger partial charge in [0, 0.05) is 25.7 Å². The zero-order valence-corrected chi connectivity index (χ0v) is 62.7. The number of hydrogen-bond donors (Lipinski definition) is 3. The quantitative estimate of drug-likeness (QED) is 0.0222. The van der Waals surface area contributed by atoms with Crippen molar-refractivity contribution in [3.8, 4) is 0 Å². The first-order valence-electron chi connectivity index (χ1n) is 38.2. The van der Waals surface area contributed by atoms with Crippen molar-refractivity contribution < 1.29 is 80.2 Å². The molecule has 0 aromatic heterocycles. The molecule has 0 saturated carbocycles. The lowest BCUT2D eigenvalue weighted by Gasteiger charge is -2.21. The van der Waals surface area contributed by atoms with Gasteiger partial charge in [-0.25, -0.2) is 9.13 Å². The molecule has 0 aromatic carbocycles. The molecule has 0 amide bonds. The topological polar surface area (TPSA) is 237 Å². The minimum Gasteiger partial charge on any atom is -0.462 e. The van der Waals surface area contributed by atoms with E-state index >= 15 is 0 Å². The second-order valence-corrected chi connectivity index (χ2v) is 31.3. The first-order valence-corrected chi connectivity index (χ1v) is 41.2. The van der Waals surface area contributed by atoms with Gasteiger partial charge < -0.3 is 33.8 Å². The number of carbonyl (C=O) groups is 4. The van der Waals surface area contributed by atoms with Crippen LogP contribution in [-0.2, 0) is 65.4 Å². The average Bonchev–Trinajstić information content (AvgIpc) is 3.11. The fraction of sp³-hybridized carbons (Fsp3) is 0.946. The van der Waals surface area contributed by atoms with E-state index in [2.05, 4.69) is 55.4 Å². The van der Waals surface area contributed by atoms with Gasteiger partial charge in [0.25, 0.3) is 0 Å². The normalized spacial score (nSPS) is 14.5. The molecule has 6 atom stereocenters. The maximum Gasteiger partial charge on any atom is 0.472 e. The molecular weight excluding hydrogens is 1220 g/mol. The van der Waals surface area contributed by atoms with Crippen LogP contribution in [0.5, 0.6) is 0 Å². The first kappa shape index (κ1) is 91.1. The van der Waals surface area contributed by atoms with Crippen LogP contribution in [0.15, 0.2) is 0 Å². The van der Waals surface area contributed by atoms with Crippen molar-refractivity contribution in [1.29, 1.82) is 0 Å². The third kappa shape index (κ3) is 67.0. The van der Waals surface area contributed by atoms with Crippen molar-refractivity contribution in [1.82, 2.24) is 0 Å².